The van der Waals surface area contributed by atoms with E-state index in [4.69, 9.17) is 0 Å². The van der Waals surface area contributed by atoms with Gasteiger partial charge in [0.1, 0.15) is 0 Å². The molecule has 1 atom stereocenters. The van der Waals surface area contributed by atoms with Gasteiger partial charge in [-0.2, -0.15) is 11.8 Å². The van der Waals surface area contributed by atoms with Crippen LogP contribution in [-0.2, 0) is 0 Å². The highest BCUT2D eigenvalue weighted by Gasteiger charge is 2.18. The van der Waals surface area contributed by atoms with E-state index in [-0.39, 0.29) is 0 Å². The molecule has 2 heteroatoms. The highest BCUT2D eigenvalue weighted by Crippen LogP contribution is 2.27. The van der Waals surface area contributed by atoms with Crippen molar-refractivity contribution in [3.05, 3.63) is 0 Å². The first-order valence-corrected chi connectivity index (χ1v) is 7.34. The summed E-state index contributed by atoms with van der Waals surface area (Å²) in [5.41, 5.74) is 0. The van der Waals surface area contributed by atoms with E-state index < -0.39 is 0 Å². The van der Waals surface area contributed by atoms with Crippen LogP contribution < -0.4 is 5.32 Å². The molecule has 1 nitrogen and oxygen atoms in total. The first kappa shape index (κ1) is 12.4. The van der Waals surface area contributed by atoms with Crippen LogP contribution in [0.3, 0.4) is 0 Å². The Balaban J connectivity index is 2.06. The first-order chi connectivity index (χ1) is 6.72. The maximum Gasteiger partial charge on any atom is 0.0129 e. The maximum atomic E-state index is 3.65. The normalized spacial score (nSPS) is 30.2. The van der Waals surface area contributed by atoms with Gasteiger partial charge in [0.25, 0.3) is 0 Å². The van der Waals surface area contributed by atoms with E-state index in [9.17, 15) is 0 Å². The summed E-state index contributed by atoms with van der Waals surface area (Å²) in [6, 6.07) is 0.685. The third-order valence-electron chi connectivity index (χ3n) is 3.31. The Hall–Kier alpha value is 0.310. The van der Waals surface area contributed by atoms with E-state index in [0.29, 0.717) is 6.04 Å². The van der Waals surface area contributed by atoms with Crippen molar-refractivity contribution in [3.8, 4) is 0 Å². The van der Waals surface area contributed by atoms with Crippen molar-refractivity contribution in [1.29, 1.82) is 0 Å². The molecule has 0 aromatic carbocycles. The predicted molar refractivity (Wildman–Crippen MR) is 67.0 cm³/mol. The number of nitrogens with one attached hydrogen (secondary N) is 1. The van der Waals surface area contributed by atoms with E-state index >= 15 is 0 Å². The van der Waals surface area contributed by atoms with Crippen LogP contribution in [0.4, 0.5) is 0 Å². The lowest BCUT2D eigenvalue weighted by Gasteiger charge is -2.27. The van der Waals surface area contributed by atoms with Gasteiger partial charge in [-0.25, -0.2) is 0 Å². The zero-order valence-corrected chi connectivity index (χ0v) is 10.7. The summed E-state index contributed by atoms with van der Waals surface area (Å²) in [6.07, 6.45) is 7.97. The van der Waals surface area contributed by atoms with Gasteiger partial charge in [0, 0.05) is 11.8 Å². The van der Waals surface area contributed by atoms with Gasteiger partial charge in [-0.1, -0.05) is 19.8 Å². The minimum Gasteiger partial charge on any atom is -0.313 e. The summed E-state index contributed by atoms with van der Waals surface area (Å²) < 4.78 is 0. The molecule has 0 aromatic rings. The summed E-state index contributed by atoms with van der Waals surface area (Å²) >= 11 is 1.93. The Bertz CT molecular complexity index is 141. The summed E-state index contributed by atoms with van der Waals surface area (Å²) in [6.45, 7) is 5.93. The molecule has 1 aliphatic rings. The van der Waals surface area contributed by atoms with Crippen LogP contribution >= 0.6 is 11.8 Å². The van der Waals surface area contributed by atoms with Gasteiger partial charge in [0.15, 0.2) is 0 Å². The lowest BCUT2D eigenvalue weighted by atomic mass is 9.83. The molecule has 1 N–H and O–H groups in total. The van der Waals surface area contributed by atoms with Crippen molar-refractivity contribution in [2.75, 3.05) is 18.6 Å². The standard InChI is InChI=1S/C12H25NS/c1-10-4-6-12(7-5-10)8-13-11(2)9-14-3/h10-13H,4-9H2,1-3H3. The molecule has 0 amide bonds. The number of hydrogen-bond acceptors (Lipinski definition) is 2. The Morgan fingerprint density at radius 1 is 1.29 bits per heavy atom. The van der Waals surface area contributed by atoms with Crippen molar-refractivity contribution in [1.82, 2.24) is 5.32 Å². The third-order valence-corrected chi connectivity index (χ3v) is 4.14. The quantitative estimate of drug-likeness (QED) is 0.756. The predicted octanol–water partition coefficient (Wildman–Crippen LogP) is 3.15. The Morgan fingerprint density at radius 2 is 1.93 bits per heavy atom. The van der Waals surface area contributed by atoms with Crippen LogP contribution in [0.25, 0.3) is 0 Å². The van der Waals surface area contributed by atoms with E-state index in [1.54, 1.807) is 0 Å². The van der Waals surface area contributed by atoms with E-state index in [1.165, 1.54) is 38.0 Å². The topological polar surface area (TPSA) is 12.0 Å². The van der Waals surface area contributed by atoms with Crippen LogP contribution in [0, 0.1) is 11.8 Å². The number of rotatable bonds is 5. The molecule has 1 aliphatic carbocycles. The SMILES string of the molecule is CSCC(C)NCC1CCC(C)CC1. The third kappa shape index (κ3) is 4.70. The summed E-state index contributed by atoms with van der Waals surface area (Å²) in [5.74, 6) is 3.17. The molecule has 84 valence electrons. The molecule has 0 saturated heterocycles. The largest absolute Gasteiger partial charge is 0.313 e. The first-order valence-electron chi connectivity index (χ1n) is 5.94. The molecule has 14 heavy (non-hydrogen) atoms. The van der Waals surface area contributed by atoms with Crippen molar-refractivity contribution < 1.29 is 0 Å². The van der Waals surface area contributed by atoms with Gasteiger partial charge in [0.2, 0.25) is 0 Å². The van der Waals surface area contributed by atoms with Crippen molar-refractivity contribution in [2.24, 2.45) is 11.8 Å². The fourth-order valence-corrected chi connectivity index (χ4v) is 2.83. The van der Waals surface area contributed by atoms with Gasteiger partial charge < -0.3 is 5.32 Å². The average molecular weight is 215 g/mol. The lowest BCUT2D eigenvalue weighted by Crippen LogP contribution is -2.34. The monoisotopic (exact) mass is 215 g/mol. The second-order valence-electron chi connectivity index (χ2n) is 4.89. The molecule has 1 saturated carbocycles. The van der Waals surface area contributed by atoms with Crippen molar-refractivity contribution in [2.45, 2.75) is 45.6 Å². The molecular weight excluding hydrogens is 190 g/mol. The van der Waals surface area contributed by atoms with Crippen LogP contribution in [-0.4, -0.2) is 24.6 Å². The van der Waals surface area contributed by atoms with Crippen LogP contribution in [0.1, 0.15) is 39.5 Å². The zero-order valence-electron chi connectivity index (χ0n) is 9.88. The van der Waals surface area contributed by atoms with Crippen LogP contribution in [0.5, 0.6) is 0 Å². The summed E-state index contributed by atoms with van der Waals surface area (Å²) in [7, 11) is 0. The molecule has 1 rings (SSSR count). The van der Waals surface area contributed by atoms with Gasteiger partial charge in [-0.05, 0) is 44.4 Å². The summed E-state index contributed by atoms with van der Waals surface area (Å²) in [4.78, 5) is 0. The fourth-order valence-electron chi connectivity index (χ4n) is 2.21. The zero-order chi connectivity index (χ0) is 10.4. The second-order valence-corrected chi connectivity index (χ2v) is 5.80. The number of thioether (sulfide) groups is 1. The Morgan fingerprint density at radius 3 is 2.50 bits per heavy atom. The van der Waals surface area contributed by atoms with Crippen LogP contribution in [0.15, 0.2) is 0 Å². The van der Waals surface area contributed by atoms with Crippen molar-refractivity contribution >= 4 is 11.8 Å². The minimum atomic E-state index is 0.685. The maximum absolute atomic E-state index is 3.65. The molecule has 1 unspecified atom stereocenters. The van der Waals surface area contributed by atoms with E-state index in [2.05, 4.69) is 25.4 Å². The smallest absolute Gasteiger partial charge is 0.0129 e. The highest BCUT2D eigenvalue weighted by atomic mass is 32.2. The molecule has 0 radical (unpaired) electrons. The Labute approximate surface area is 93.4 Å². The van der Waals surface area contributed by atoms with E-state index in [1.807, 2.05) is 11.8 Å². The second kappa shape index (κ2) is 6.73. The van der Waals surface area contributed by atoms with Gasteiger partial charge in [0.05, 0.1) is 0 Å². The van der Waals surface area contributed by atoms with Crippen LogP contribution in [0.2, 0.25) is 0 Å². The molecule has 0 aromatic heterocycles. The molecule has 0 bridgehead atoms. The highest BCUT2D eigenvalue weighted by molar-refractivity contribution is 7.98. The molecule has 0 spiro atoms. The average Bonchev–Trinajstić information content (AvgIpc) is 2.17. The molecular formula is C12H25NS. The molecule has 1 fully saturated rings. The minimum absolute atomic E-state index is 0.685. The lowest BCUT2D eigenvalue weighted by molar-refractivity contribution is 0.277. The molecule has 0 aliphatic heterocycles. The van der Waals surface area contributed by atoms with Gasteiger partial charge in [-0.3, -0.25) is 0 Å². The van der Waals surface area contributed by atoms with E-state index in [0.717, 1.165) is 11.8 Å². The molecule has 0 heterocycles. The van der Waals surface area contributed by atoms with Gasteiger partial charge in [-0.15, -0.1) is 0 Å². The summed E-state index contributed by atoms with van der Waals surface area (Å²) in [5, 5.41) is 3.65. The van der Waals surface area contributed by atoms with Crippen molar-refractivity contribution in [3.63, 3.8) is 0 Å². The van der Waals surface area contributed by atoms with Gasteiger partial charge >= 0.3 is 0 Å². The number of hydrogen-bond donors (Lipinski definition) is 1. The Kier molecular flexibility index (Phi) is 5.95. The fraction of sp³-hybridized carbons (Fsp3) is 1.00.